The molecule has 1 N–H and O–H groups in total. The van der Waals surface area contributed by atoms with Crippen LogP contribution >= 0.6 is 23.2 Å². The van der Waals surface area contributed by atoms with E-state index in [2.05, 4.69) is 20.8 Å². The van der Waals surface area contributed by atoms with Crippen molar-refractivity contribution in [1.82, 2.24) is 0 Å². The van der Waals surface area contributed by atoms with E-state index in [1.807, 2.05) is 38.1 Å². The Bertz CT molecular complexity index is 1370. The molecule has 3 aromatic rings. The van der Waals surface area contributed by atoms with Gasteiger partial charge in [-0.2, -0.15) is 0 Å². The average molecular weight is 538 g/mol. The van der Waals surface area contributed by atoms with Crippen LogP contribution in [0.5, 0.6) is 5.75 Å². The number of ether oxygens (including phenoxy) is 1. The number of amides is 1. The predicted molar refractivity (Wildman–Crippen MR) is 149 cm³/mol. The first-order valence-electron chi connectivity index (χ1n) is 12.0. The molecule has 1 aliphatic rings. The molecule has 3 aromatic carbocycles. The van der Waals surface area contributed by atoms with Gasteiger partial charge in [-0.3, -0.25) is 14.5 Å². The van der Waals surface area contributed by atoms with Crippen LogP contribution in [0.15, 0.2) is 72.3 Å². The van der Waals surface area contributed by atoms with Crippen molar-refractivity contribution in [2.24, 2.45) is 0 Å². The molecule has 0 radical (unpaired) electrons. The number of hydrogen-bond acceptors (Lipinski definition) is 4. The Kier molecular flexibility index (Phi) is 7.40. The smallest absolute Gasteiger partial charge is 0.300 e. The summed E-state index contributed by atoms with van der Waals surface area (Å²) in [7, 11) is 0. The molecule has 0 bridgehead atoms. The second-order valence-corrected chi connectivity index (χ2v) is 11.1. The van der Waals surface area contributed by atoms with Gasteiger partial charge < -0.3 is 9.84 Å². The second-order valence-electron chi connectivity index (χ2n) is 10.3. The number of aliphatic hydroxyl groups is 1. The SMILES string of the molecule is CC(C)Oc1ccc(C2/C(=C(/O)c3ccc(Cl)c(Cl)c3)C(=O)C(=O)N2c2ccc(C(C)(C)C)cc2)cc1. The number of carbonyl (C=O) groups excluding carboxylic acids is 2. The predicted octanol–water partition coefficient (Wildman–Crippen LogP) is 7.70. The van der Waals surface area contributed by atoms with Crippen LogP contribution in [0.3, 0.4) is 0 Å². The van der Waals surface area contributed by atoms with Crippen LogP contribution in [-0.4, -0.2) is 22.9 Å². The van der Waals surface area contributed by atoms with E-state index in [0.717, 1.165) is 5.56 Å². The lowest BCUT2D eigenvalue weighted by atomic mass is 9.87. The zero-order valence-electron chi connectivity index (χ0n) is 21.4. The fraction of sp³-hybridized carbons (Fsp3) is 0.267. The van der Waals surface area contributed by atoms with E-state index >= 15 is 0 Å². The summed E-state index contributed by atoms with van der Waals surface area (Å²) in [5.41, 5.74) is 2.48. The van der Waals surface area contributed by atoms with Gasteiger partial charge in [0, 0.05) is 11.3 Å². The highest BCUT2D eigenvalue weighted by molar-refractivity contribution is 6.51. The van der Waals surface area contributed by atoms with Crippen molar-refractivity contribution in [1.29, 1.82) is 0 Å². The quantitative estimate of drug-likeness (QED) is 0.205. The van der Waals surface area contributed by atoms with Crippen LogP contribution < -0.4 is 9.64 Å². The molecule has 1 amide bonds. The number of hydrogen-bond donors (Lipinski definition) is 1. The highest BCUT2D eigenvalue weighted by Crippen LogP contribution is 2.43. The second kappa shape index (κ2) is 10.2. The summed E-state index contributed by atoms with van der Waals surface area (Å²) < 4.78 is 5.76. The first-order chi connectivity index (χ1) is 17.4. The van der Waals surface area contributed by atoms with Crippen molar-refractivity contribution in [3.05, 3.63) is 99.0 Å². The molecule has 1 fully saturated rings. The van der Waals surface area contributed by atoms with Crippen LogP contribution in [0.2, 0.25) is 10.0 Å². The Hall–Kier alpha value is -3.28. The summed E-state index contributed by atoms with van der Waals surface area (Å²) in [6, 6.07) is 18.4. The zero-order valence-corrected chi connectivity index (χ0v) is 22.9. The Morgan fingerprint density at radius 1 is 0.919 bits per heavy atom. The van der Waals surface area contributed by atoms with Gasteiger partial charge in [-0.05, 0) is 72.9 Å². The van der Waals surface area contributed by atoms with Crippen molar-refractivity contribution in [3.8, 4) is 5.75 Å². The van der Waals surface area contributed by atoms with Gasteiger partial charge >= 0.3 is 0 Å². The number of Topliss-reactive ketones (excluding diaryl/α,β-unsaturated/α-hetero) is 1. The van der Waals surface area contributed by atoms with Gasteiger partial charge in [0.1, 0.15) is 11.5 Å². The fourth-order valence-electron chi connectivity index (χ4n) is 4.34. The molecular weight excluding hydrogens is 509 g/mol. The highest BCUT2D eigenvalue weighted by Gasteiger charge is 2.47. The molecule has 192 valence electrons. The summed E-state index contributed by atoms with van der Waals surface area (Å²) in [6.45, 7) is 10.2. The van der Waals surface area contributed by atoms with Gasteiger partial charge in [0.2, 0.25) is 0 Å². The first kappa shape index (κ1) is 26.8. The minimum atomic E-state index is -0.858. The minimum Gasteiger partial charge on any atom is -0.507 e. The van der Waals surface area contributed by atoms with E-state index in [1.165, 1.54) is 17.0 Å². The Morgan fingerprint density at radius 2 is 1.54 bits per heavy atom. The van der Waals surface area contributed by atoms with Gasteiger partial charge in [-0.1, -0.05) is 68.2 Å². The lowest BCUT2D eigenvalue weighted by Gasteiger charge is -2.27. The Balaban J connectivity index is 1.88. The highest BCUT2D eigenvalue weighted by atomic mass is 35.5. The molecule has 7 heteroatoms. The number of benzene rings is 3. The maximum absolute atomic E-state index is 13.4. The maximum Gasteiger partial charge on any atom is 0.300 e. The van der Waals surface area contributed by atoms with E-state index in [-0.39, 0.29) is 27.9 Å². The number of anilines is 1. The molecule has 1 atom stereocenters. The van der Waals surface area contributed by atoms with Gasteiger partial charge in [-0.15, -0.1) is 0 Å². The zero-order chi connectivity index (χ0) is 27.1. The normalized spacial score (nSPS) is 17.5. The van der Waals surface area contributed by atoms with Crippen molar-refractivity contribution < 1.29 is 19.4 Å². The molecule has 0 saturated carbocycles. The van der Waals surface area contributed by atoms with E-state index in [0.29, 0.717) is 27.6 Å². The van der Waals surface area contributed by atoms with Crippen molar-refractivity contribution in [3.63, 3.8) is 0 Å². The standard InChI is InChI=1S/C30H29Cl2NO4/c1-17(2)37-22-13-6-18(7-14-22)26-25(27(34)19-8-15-23(31)24(32)16-19)28(35)29(36)33(26)21-11-9-20(10-12-21)30(3,4)5/h6-17,26,34H,1-5H3/b27-25-. The van der Waals surface area contributed by atoms with Gasteiger partial charge in [0.15, 0.2) is 0 Å². The third-order valence-electron chi connectivity index (χ3n) is 6.22. The molecule has 1 unspecified atom stereocenters. The molecule has 4 rings (SSSR count). The van der Waals surface area contributed by atoms with Gasteiger partial charge in [0.05, 0.1) is 27.8 Å². The summed E-state index contributed by atoms with van der Waals surface area (Å²) in [4.78, 5) is 28.2. The molecule has 5 nitrogen and oxygen atoms in total. The summed E-state index contributed by atoms with van der Waals surface area (Å²) in [6.07, 6.45) is -0.00697. The molecular formula is C30H29Cl2NO4. The van der Waals surface area contributed by atoms with Crippen LogP contribution in [0.1, 0.15) is 57.4 Å². The lowest BCUT2D eigenvalue weighted by Crippen LogP contribution is -2.29. The lowest BCUT2D eigenvalue weighted by molar-refractivity contribution is -0.132. The monoisotopic (exact) mass is 537 g/mol. The summed E-state index contributed by atoms with van der Waals surface area (Å²) in [5, 5.41) is 11.8. The minimum absolute atomic E-state index is 0.00697. The number of ketones is 1. The summed E-state index contributed by atoms with van der Waals surface area (Å²) in [5.74, 6) is -1.17. The molecule has 0 spiro atoms. The van der Waals surface area contributed by atoms with Crippen molar-refractivity contribution >= 4 is 46.3 Å². The van der Waals surface area contributed by atoms with Crippen LogP contribution in [0.4, 0.5) is 5.69 Å². The Morgan fingerprint density at radius 3 is 2.08 bits per heavy atom. The van der Waals surface area contributed by atoms with Crippen molar-refractivity contribution in [2.75, 3.05) is 4.90 Å². The van der Waals surface area contributed by atoms with Gasteiger partial charge in [0.25, 0.3) is 11.7 Å². The van der Waals surface area contributed by atoms with E-state index in [1.54, 1.807) is 30.3 Å². The Labute approximate surface area is 227 Å². The largest absolute Gasteiger partial charge is 0.507 e. The molecule has 1 saturated heterocycles. The van der Waals surface area contributed by atoms with E-state index in [9.17, 15) is 14.7 Å². The van der Waals surface area contributed by atoms with Crippen LogP contribution in [0, 0.1) is 0 Å². The molecule has 1 aliphatic heterocycles. The topological polar surface area (TPSA) is 66.8 Å². The first-order valence-corrected chi connectivity index (χ1v) is 12.8. The third kappa shape index (κ3) is 5.39. The van der Waals surface area contributed by atoms with E-state index < -0.39 is 17.7 Å². The van der Waals surface area contributed by atoms with E-state index in [4.69, 9.17) is 27.9 Å². The van der Waals surface area contributed by atoms with Crippen molar-refractivity contribution in [2.45, 2.75) is 52.2 Å². The average Bonchev–Trinajstić information content (AvgIpc) is 3.10. The number of carbonyl (C=O) groups is 2. The number of nitrogens with zero attached hydrogens (tertiary/aromatic N) is 1. The third-order valence-corrected chi connectivity index (χ3v) is 6.96. The molecule has 37 heavy (non-hydrogen) atoms. The maximum atomic E-state index is 13.4. The van der Waals surface area contributed by atoms with Gasteiger partial charge in [-0.25, -0.2) is 0 Å². The summed E-state index contributed by atoms with van der Waals surface area (Å²) >= 11 is 12.2. The molecule has 1 heterocycles. The number of rotatable bonds is 5. The van der Waals surface area contributed by atoms with Crippen LogP contribution in [-0.2, 0) is 15.0 Å². The number of aliphatic hydroxyl groups excluding tert-OH is 1. The fourth-order valence-corrected chi connectivity index (χ4v) is 4.63. The number of halogens is 2. The molecule has 0 aromatic heterocycles. The van der Waals surface area contributed by atoms with Crippen LogP contribution in [0.25, 0.3) is 5.76 Å². The molecule has 0 aliphatic carbocycles.